The predicted octanol–water partition coefficient (Wildman–Crippen LogP) is 5.54. The van der Waals surface area contributed by atoms with Gasteiger partial charge < -0.3 is 10.2 Å². The molecule has 0 aromatic heterocycles. The number of nitrogens with zero attached hydrogens (tertiary/aromatic N) is 2. The molecule has 10 heteroatoms. The van der Waals surface area contributed by atoms with Gasteiger partial charge in [0.15, 0.2) is 0 Å². The van der Waals surface area contributed by atoms with Crippen molar-refractivity contribution in [3.05, 3.63) is 95.3 Å². The summed E-state index contributed by atoms with van der Waals surface area (Å²) < 4.78 is 42.2. The fourth-order valence-electron chi connectivity index (χ4n) is 4.96. The van der Waals surface area contributed by atoms with Crippen LogP contribution in [0.3, 0.4) is 0 Å². The number of amides is 2. The van der Waals surface area contributed by atoms with Crippen molar-refractivity contribution in [2.24, 2.45) is 0 Å². The summed E-state index contributed by atoms with van der Waals surface area (Å²) in [4.78, 5) is 28.9. The van der Waals surface area contributed by atoms with Gasteiger partial charge in [-0.2, -0.15) is 0 Å². The quantitative estimate of drug-likeness (QED) is 0.320. The molecule has 0 bridgehead atoms. The highest BCUT2D eigenvalue weighted by molar-refractivity contribution is 7.92. The lowest BCUT2D eigenvalue weighted by atomic mass is 10.1. The molecule has 0 saturated heterocycles. The second-order valence-corrected chi connectivity index (χ2v) is 12.1. The highest BCUT2D eigenvalue weighted by Gasteiger charge is 2.35. The second-order valence-electron chi connectivity index (χ2n) is 9.84. The second kappa shape index (κ2) is 13.3. The molecule has 212 valence electrons. The maximum absolute atomic E-state index is 14.1. The Morgan fingerprint density at radius 3 is 2.23 bits per heavy atom. The van der Waals surface area contributed by atoms with Crippen molar-refractivity contribution in [3.63, 3.8) is 0 Å². The average Bonchev–Trinajstić information content (AvgIpc) is 3.46. The SMILES string of the molecule is CC[C@H](C(=O)NC1CCCC1)N(Cc1ccc(F)cc1)C(=O)CN(c1ccccc1Cl)S(=O)(=O)c1ccccc1. The van der Waals surface area contributed by atoms with Crippen LogP contribution in [0.25, 0.3) is 0 Å². The number of carbonyl (C=O) groups excluding carboxylic acids is 2. The molecule has 1 fully saturated rings. The van der Waals surface area contributed by atoms with Crippen molar-refractivity contribution in [2.75, 3.05) is 10.8 Å². The molecule has 0 unspecified atom stereocenters. The number of benzene rings is 3. The number of hydrogen-bond donors (Lipinski definition) is 1. The van der Waals surface area contributed by atoms with E-state index in [1.807, 2.05) is 0 Å². The first-order valence-corrected chi connectivity index (χ1v) is 15.2. The van der Waals surface area contributed by atoms with Crippen molar-refractivity contribution < 1.29 is 22.4 Å². The first-order chi connectivity index (χ1) is 19.2. The molecule has 2 amide bonds. The Morgan fingerprint density at radius 1 is 0.975 bits per heavy atom. The fourth-order valence-corrected chi connectivity index (χ4v) is 6.70. The average molecular weight is 586 g/mol. The summed E-state index contributed by atoms with van der Waals surface area (Å²) in [6.45, 7) is 1.21. The minimum atomic E-state index is -4.20. The Morgan fingerprint density at radius 2 is 1.60 bits per heavy atom. The zero-order chi connectivity index (χ0) is 28.7. The topological polar surface area (TPSA) is 86.8 Å². The van der Waals surface area contributed by atoms with Gasteiger partial charge in [0.25, 0.3) is 10.0 Å². The molecule has 3 aromatic carbocycles. The van der Waals surface area contributed by atoms with Crippen LogP contribution in [0.15, 0.2) is 83.8 Å². The molecular formula is C30H33ClFN3O4S. The van der Waals surface area contributed by atoms with Crippen LogP contribution >= 0.6 is 11.6 Å². The molecule has 1 N–H and O–H groups in total. The zero-order valence-electron chi connectivity index (χ0n) is 22.3. The van der Waals surface area contributed by atoms with Crippen LogP contribution in [0.1, 0.15) is 44.6 Å². The molecule has 3 aromatic rings. The maximum Gasteiger partial charge on any atom is 0.264 e. The Bertz CT molecular complexity index is 1410. The Kier molecular flexibility index (Phi) is 9.81. The molecule has 4 rings (SSSR count). The van der Waals surface area contributed by atoms with Crippen LogP contribution in [0, 0.1) is 5.82 Å². The minimum Gasteiger partial charge on any atom is -0.352 e. The third-order valence-corrected chi connectivity index (χ3v) is 9.18. The number of hydrogen-bond acceptors (Lipinski definition) is 4. The molecule has 0 radical (unpaired) electrons. The number of halogens is 2. The predicted molar refractivity (Wildman–Crippen MR) is 154 cm³/mol. The van der Waals surface area contributed by atoms with Crippen LogP contribution in [0.5, 0.6) is 0 Å². The van der Waals surface area contributed by atoms with E-state index in [1.165, 1.54) is 35.2 Å². The van der Waals surface area contributed by atoms with E-state index in [1.54, 1.807) is 55.5 Å². The van der Waals surface area contributed by atoms with E-state index in [0.29, 0.717) is 12.0 Å². The first kappa shape index (κ1) is 29.6. The highest BCUT2D eigenvalue weighted by atomic mass is 35.5. The highest BCUT2D eigenvalue weighted by Crippen LogP contribution is 2.31. The molecule has 40 heavy (non-hydrogen) atoms. The summed E-state index contributed by atoms with van der Waals surface area (Å²) >= 11 is 6.42. The lowest BCUT2D eigenvalue weighted by molar-refractivity contribution is -0.140. The summed E-state index contributed by atoms with van der Waals surface area (Å²) in [5.41, 5.74) is 0.753. The van der Waals surface area contributed by atoms with Gasteiger partial charge in [-0.05, 0) is 61.2 Å². The smallest absolute Gasteiger partial charge is 0.264 e. The van der Waals surface area contributed by atoms with Crippen molar-refractivity contribution in [2.45, 2.75) is 62.6 Å². The van der Waals surface area contributed by atoms with Crippen molar-refractivity contribution in [3.8, 4) is 0 Å². The molecule has 7 nitrogen and oxygen atoms in total. The van der Waals surface area contributed by atoms with Gasteiger partial charge in [-0.15, -0.1) is 0 Å². The maximum atomic E-state index is 14.1. The summed E-state index contributed by atoms with van der Waals surface area (Å²) in [7, 11) is -4.20. The molecule has 0 spiro atoms. The zero-order valence-corrected chi connectivity index (χ0v) is 23.9. The number of anilines is 1. The summed E-state index contributed by atoms with van der Waals surface area (Å²) in [5, 5.41) is 3.22. The van der Waals surface area contributed by atoms with Crippen molar-refractivity contribution in [1.82, 2.24) is 10.2 Å². The number of nitrogens with one attached hydrogen (secondary N) is 1. The van der Waals surface area contributed by atoms with E-state index in [0.717, 1.165) is 30.0 Å². The number of sulfonamides is 1. The largest absolute Gasteiger partial charge is 0.352 e. The lowest BCUT2D eigenvalue weighted by Gasteiger charge is -2.34. The lowest BCUT2D eigenvalue weighted by Crippen LogP contribution is -2.53. The number of para-hydroxylation sites is 1. The third-order valence-electron chi connectivity index (χ3n) is 7.08. The van der Waals surface area contributed by atoms with Gasteiger partial charge in [0.1, 0.15) is 18.4 Å². The van der Waals surface area contributed by atoms with E-state index in [9.17, 15) is 22.4 Å². The molecule has 1 atom stereocenters. The van der Waals surface area contributed by atoms with Gasteiger partial charge in [0.2, 0.25) is 11.8 Å². The monoisotopic (exact) mass is 585 g/mol. The Balaban J connectivity index is 1.71. The molecule has 0 aliphatic heterocycles. The van der Waals surface area contributed by atoms with Gasteiger partial charge in [0.05, 0.1) is 15.6 Å². The van der Waals surface area contributed by atoms with E-state index in [-0.39, 0.29) is 34.1 Å². The molecule has 1 aliphatic rings. The van der Waals surface area contributed by atoms with Crippen LogP contribution in [0.4, 0.5) is 10.1 Å². The molecule has 1 saturated carbocycles. The normalized spacial score (nSPS) is 14.5. The Labute approximate surface area is 240 Å². The number of carbonyl (C=O) groups is 2. The van der Waals surface area contributed by atoms with Crippen LogP contribution in [-0.2, 0) is 26.2 Å². The van der Waals surface area contributed by atoms with Gasteiger partial charge in [-0.3, -0.25) is 13.9 Å². The fraction of sp³-hybridized carbons (Fsp3) is 0.333. The van der Waals surface area contributed by atoms with Crippen LogP contribution in [-0.4, -0.2) is 43.8 Å². The van der Waals surface area contributed by atoms with Gasteiger partial charge in [-0.25, -0.2) is 12.8 Å². The molecule has 1 aliphatic carbocycles. The molecular weight excluding hydrogens is 553 g/mol. The number of rotatable bonds is 11. The van der Waals surface area contributed by atoms with E-state index in [2.05, 4.69) is 5.32 Å². The summed E-state index contributed by atoms with van der Waals surface area (Å²) in [5.74, 6) is -1.30. The van der Waals surface area contributed by atoms with Gasteiger partial charge in [0, 0.05) is 12.6 Å². The van der Waals surface area contributed by atoms with Crippen LogP contribution < -0.4 is 9.62 Å². The minimum absolute atomic E-state index is 0.00109. The van der Waals surface area contributed by atoms with E-state index < -0.39 is 34.3 Å². The van der Waals surface area contributed by atoms with Crippen molar-refractivity contribution in [1.29, 1.82) is 0 Å². The standard InChI is InChI=1S/C30H33ClFN3O4S/c1-2-27(30(37)33-24-10-6-7-11-24)34(20-22-16-18-23(32)19-17-22)29(36)21-35(28-15-9-8-14-26(28)31)40(38,39)25-12-4-3-5-13-25/h3-5,8-9,12-19,24,27H,2,6-7,10-11,20-21H2,1H3,(H,33,37)/t27-/m1/s1. The Hall–Kier alpha value is -3.43. The van der Waals surface area contributed by atoms with Gasteiger partial charge in [-0.1, -0.05) is 73.8 Å². The van der Waals surface area contributed by atoms with Gasteiger partial charge >= 0.3 is 0 Å². The van der Waals surface area contributed by atoms with E-state index in [4.69, 9.17) is 11.6 Å². The molecule has 0 heterocycles. The first-order valence-electron chi connectivity index (χ1n) is 13.4. The third kappa shape index (κ3) is 7.01. The summed E-state index contributed by atoms with van der Waals surface area (Å²) in [6.07, 6.45) is 4.13. The van der Waals surface area contributed by atoms with E-state index >= 15 is 0 Å². The van der Waals surface area contributed by atoms with Crippen molar-refractivity contribution >= 4 is 39.1 Å². The van der Waals surface area contributed by atoms with Crippen LogP contribution in [0.2, 0.25) is 5.02 Å². The summed E-state index contributed by atoms with van der Waals surface area (Å²) in [6, 6.07) is 19.0.